The second kappa shape index (κ2) is 3.85. The number of rotatable bonds is 3. The molecular formula is C5H7F3O2S. The average molecular weight is 188 g/mol. The molecule has 1 unspecified atom stereocenters. The van der Waals surface area contributed by atoms with Gasteiger partial charge in [-0.25, -0.2) is 0 Å². The molecule has 6 heteroatoms. The van der Waals surface area contributed by atoms with Crippen molar-refractivity contribution in [3.8, 4) is 0 Å². The van der Waals surface area contributed by atoms with E-state index in [2.05, 4.69) is 0 Å². The van der Waals surface area contributed by atoms with Gasteiger partial charge in [0.1, 0.15) is 0 Å². The van der Waals surface area contributed by atoms with Crippen molar-refractivity contribution in [1.82, 2.24) is 0 Å². The van der Waals surface area contributed by atoms with Crippen LogP contribution in [0.5, 0.6) is 0 Å². The predicted molar refractivity (Wildman–Crippen MR) is 35.6 cm³/mol. The molecule has 0 saturated carbocycles. The SMILES string of the molecule is CC(SCC(F)(F)F)C(=O)O. The van der Waals surface area contributed by atoms with E-state index in [1.807, 2.05) is 0 Å². The molecule has 0 spiro atoms. The average Bonchev–Trinajstić information content (AvgIpc) is 1.80. The van der Waals surface area contributed by atoms with Gasteiger partial charge in [-0.3, -0.25) is 4.79 Å². The molecule has 0 heterocycles. The van der Waals surface area contributed by atoms with E-state index in [0.29, 0.717) is 11.8 Å². The van der Waals surface area contributed by atoms with Gasteiger partial charge < -0.3 is 5.11 Å². The number of halogens is 3. The molecule has 0 radical (unpaired) electrons. The summed E-state index contributed by atoms with van der Waals surface area (Å²) in [5, 5.41) is 7.19. The second-order valence-corrected chi connectivity index (χ2v) is 3.24. The normalized spacial score (nSPS) is 14.5. The third-order valence-electron chi connectivity index (χ3n) is 0.845. The van der Waals surface area contributed by atoms with Crippen molar-refractivity contribution in [2.45, 2.75) is 18.3 Å². The van der Waals surface area contributed by atoms with Crippen LogP contribution in [0.15, 0.2) is 0 Å². The summed E-state index contributed by atoms with van der Waals surface area (Å²) >= 11 is 0.367. The van der Waals surface area contributed by atoms with E-state index in [4.69, 9.17) is 5.11 Å². The minimum Gasteiger partial charge on any atom is -0.480 e. The molecule has 0 aliphatic carbocycles. The van der Waals surface area contributed by atoms with E-state index in [-0.39, 0.29) is 0 Å². The molecular weight excluding hydrogens is 181 g/mol. The summed E-state index contributed by atoms with van der Waals surface area (Å²) in [6.45, 7) is 1.22. The number of carboxylic acid groups (broad SMARTS) is 1. The Balaban J connectivity index is 3.63. The Kier molecular flexibility index (Phi) is 3.71. The van der Waals surface area contributed by atoms with Gasteiger partial charge in [-0.2, -0.15) is 13.2 Å². The zero-order chi connectivity index (χ0) is 9.07. The summed E-state index contributed by atoms with van der Waals surface area (Å²) in [5.74, 6) is -2.33. The van der Waals surface area contributed by atoms with Gasteiger partial charge in [0.05, 0.1) is 11.0 Å². The highest BCUT2D eigenvalue weighted by Crippen LogP contribution is 2.23. The molecule has 0 amide bonds. The zero-order valence-electron chi connectivity index (χ0n) is 5.68. The van der Waals surface area contributed by atoms with Crippen molar-refractivity contribution in [3.05, 3.63) is 0 Å². The van der Waals surface area contributed by atoms with Gasteiger partial charge in [-0.15, -0.1) is 11.8 Å². The number of aliphatic carboxylic acids is 1. The smallest absolute Gasteiger partial charge is 0.397 e. The molecule has 1 atom stereocenters. The minimum atomic E-state index is -4.28. The van der Waals surface area contributed by atoms with Crippen LogP contribution in [0.2, 0.25) is 0 Å². The largest absolute Gasteiger partial charge is 0.480 e. The number of hydrogen-bond acceptors (Lipinski definition) is 2. The summed E-state index contributed by atoms with van der Waals surface area (Å²) in [6, 6.07) is 0. The Labute approximate surface area is 65.8 Å². The third kappa shape index (κ3) is 6.03. The van der Waals surface area contributed by atoms with E-state index in [9.17, 15) is 18.0 Å². The fourth-order valence-corrected chi connectivity index (χ4v) is 0.872. The van der Waals surface area contributed by atoms with Crippen LogP contribution < -0.4 is 0 Å². The maximum absolute atomic E-state index is 11.5. The van der Waals surface area contributed by atoms with E-state index in [0.717, 1.165) is 0 Å². The molecule has 0 saturated heterocycles. The van der Waals surface area contributed by atoms with Crippen LogP contribution in [0, 0.1) is 0 Å². The van der Waals surface area contributed by atoms with Crippen LogP contribution in [0.1, 0.15) is 6.92 Å². The number of carboxylic acids is 1. The Morgan fingerprint density at radius 3 is 2.36 bits per heavy atom. The molecule has 0 bridgehead atoms. The van der Waals surface area contributed by atoms with Crippen molar-refractivity contribution < 1.29 is 23.1 Å². The summed E-state index contributed by atoms with van der Waals surface area (Å²) < 4.78 is 34.4. The molecule has 0 aliphatic heterocycles. The Morgan fingerprint density at radius 2 is 2.09 bits per heavy atom. The van der Waals surface area contributed by atoms with Crippen molar-refractivity contribution in [2.24, 2.45) is 0 Å². The lowest BCUT2D eigenvalue weighted by Crippen LogP contribution is -2.18. The fourth-order valence-electron chi connectivity index (χ4n) is 0.291. The molecule has 0 fully saturated rings. The standard InChI is InChI=1S/C5H7F3O2S/c1-3(4(9)10)11-2-5(6,7)8/h3H,2H2,1H3,(H,9,10). The lowest BCUT2D eigenvalue weighted by atomic mass is 10.5. The zero-order valence-corrected chi connectivity index (χ0v) is 6.50. The second-order valence-electron chi connectivity index (χ2n) is 1.91. The van der Waals surface area contributed by atoms with Crippen molar-refractivity contribution in [3.63, 3.8) is 0 Å². The lowest BCUT2D eigenvalue weighted by Gasteiger charge is -2.07. The number of carbonyl (C=O) groups is 1. The predicted octanol–water partition coefficient (Wildman–Crippen LogP) is 1.76. The monoisotopic (exact) mass is 188 g/mol. The molecule has 1 N–H and O–H groups in total. The quantitative estimate of drug-likeness (QED) is 0.733. The molecule has 0 aromatic rings. The molecule has 66 valence electrons. The van der Waals surface area contributed by atoms with Crippen LogP contribution >= 0.6 is 11.8 Å². The van der Waals surface area contributed by atoms with Crippen LogP contribution in [-0.2, 0) is 4.79 Å². The fraction of sp³-hybridized carbons (Fsp3) is 0.800. The third-order valence-corrected chi connectivity index (χ3v) is 2.04. The lowest BCUT2D eigenvalue weighted by molar-refractivity contribution is -0.136. The highest BCUT2D eigenvalue weighted by molar-refractivity contribution is 8.00. The first kappa shape index (κ1) is 10.6. The molecule has 0 rings (SSSR count). The van der Waals surface area contributed by atoms with Gasteiger partial charge >= 0.3 is 12.1 Å². The Morgan fingerprint density at radius 1 is 1.64 bits per heavy atom. The van der Waals surface area contributed by atoms with Gasteiger partial charge in [-0.05, 0) is 6.92 Å². The van der Waals surface area contributed by atoms with E-state index < -0.39 is 23.1 Å². The van der Waals surface area contributed by atoms with Crippen molar-refractivity contribution in [1.29, 1.82) is 0 Å². The number of hydrogen-bond donors (Lipinski definition) is 1. The van der Waals surface area contributed by atoms with E-state index in [1.54, 1.807) is 0 Å². The van der Waals surface area contributed by atoms with Crippen molar-refractivity contribution in [2.75, 3.05) is 5.75 Å². The van der Waals surface area contributed by atoms with Crippen LogP contribution in [0.3, 0.4) is 0 Å². The van der Waals surface area contributed by atoms with Gasteiger partial charge in [-0.1, -0.05) is 0 Å². The Bertz CT molecular complexity index is 145. The Hall–Kier alpha value is -0.390. The molecule has 0 aliphatic rings. The van der Waals surface area contributed by atoms with Crippen LogP contribution in [0.4, 0.5) is 13.2 Å². The first-order chi connectivity index (χ1) is 4.83. The highest BCUT2D eigenvalue weighted by Gasteiger charge is 2.29. The summed E-state index contributed by atoms with van der Waals surface area (Å²) in [4.78, 5) is 10.0. The van der Waals surface area contributed by atoms with E-state index >= 15 is 0 Å². The highest BCUT2D eigenvalue weighted by atomic mass is 32.2. The van der Waals surface area contributed by atoms with Crippen LogP contribution in [0.25, 0.3) is 0 Å². The topological polar surface area (TPSA) is 37.3 Å². The minimum absolute atomic E-state index is 0.367. The first-order valence-electron chi connectivity index (χ1n) is 2.74. The van der Waals surface area contributed by atoms with Gasteiger partial charge in [0.25, 0.3) is 0 Å². The van der Waals surface area contributed by atoms with E-state index in [1.165, 1.54) is 6.92 Å². The molecule has 11 heavy (non-hydrogen) atoms. The van der Waals surface area contributed by atoms with Gasteiger partial charge in [0.15, 0.2) is 0 Å². The molecule has 0 aromatic carbocycles. The summed E-state index contributed by atoms with van der Waals surface area (Å²) in [5.41, 5.74) is 0. The maximum Gasteiger partial charge on any atom is 0.397 e. The maximum atomic E-state index is 11.5. The van der Waals surface area contributed by atoms with Gasteiger partial charge in [0, 0.05) is 0 Å². The molecule has 0 aromatic heterocycles. The van der Waals surface area contributed by atoms with Gasteiger partial charge in [0.2, 0.25) is 0 Å². The van der Waals surface area contributed by atoms with Crippen LogP contribution in [-0.4, -0.2) is 28.3 Å². The first-order valence-corrected chi connectivity index (χ1v) is 3.79. The summed E-state index contributed by atoms with van der Waals surface area (Å²) in [7, 11) is 0. The molecule has 2 nitrogen and oxygen atoms in total. The summed E-state index contributed by atoms with van der Waals surface area (Å²) in [6.07, 6.45) is -4.28. The number of thioether (sulfide) groups is 1. The number of alkyl halides is 3. The van der Waals surface area contributed by atoms with Crippen molar-refractivity contribution >= 4 is 17.7 Å².